The van der Waals surface area contributed by atoms with E-state index in [9.17, 15) is 9.59 Å². The molecule has 1 fully saturated rings. The van der Waals surface area contributed by atoms with Gasteiger partial charge in [-0.25, -0.2) is 0 Å². The Kier molecular flexibility index (Phi) is 6.19. The summed E-state index contributed by atoms with van der Waals surface area (Å²) in [5.74, 6) is -0.134. The number of amides is 2. The topological polar surface area (TPSA) is 49.4 Å². The molecule has 2 amide bonds. The molecule has 1 heterocycles. The first-order valence-corrected chi connectivity index (χ1v) is 6.70. The van der Waals surface area contributed by atoms with Gasteiger partial charge in [-0.2, -0.15) is 0 Å². The third kappa shape index (κ3) is 4.46. The van der Waals surface area contributed by atoms with Crippen LogP contribution in [0.3, 0.4) is 0 Å². The number of nitrogens with zero attached hydrogens (tertiary/aromatic N) is 1. The highest BCUT2D eigenvalue weighted by molar-refractivity contribution is 6.00. The Balaban J connectivity index is 2.15. The highest BCUT2D eigenvalue weighted by atomic mass is 16.2. The van der Waals surface area contributed by atoms with Gasteiger partial charge in [-0.3, -0.25) is 14.5 Å². The van der Waals surface area contributed by atoms with Crippen LogP contribution in [0.15, 0.2) is 0 Å². The summed E-state index contributed by atoms with van der Waals surface area (Å²) in [6, 6.07) is -0.149. The second-order valence-electron chi connectivity index (χ2n) is 4.75. The Morgan fingerprint density at radius 2 is 1.94 bits per heavy atom. The summed E-state index contributed by atoms with van der Waals surface area (Å²) < 4.78 is 0. The molecule has 1 rings (SSSR count). The molecule has 0 aliphatic carbocycles. The van der Waals surface area contributed by atoms with E-state index in [1.807, 2.05) is 0 Å². The molecule has 0 aromatic heterocycles. The van der Waals surface area contributed by atoms with Gasteiger partial charge >= 0.3 is 0 Å². The van der Waals surface area contributed by atoms with E-state index >= 15 is 0 Å². The van der Waals surface area contributed by atoms with Gasteiger partial charge in [-0.05, 0) is 19.4 Å². The molecule has 1 aliphatic rings. The first-order chi connectivity index (χ1) is 8.16. The van der Waals surface area contributed by atoms with Gasteiger partial charge in [0.25, 0.3) is 0 Å². The number of hydrogen-bond donors (Lipinski definition) is 1. The third-order valence-corrected chi connectivity index (χ3v) is 3.32. The Labute approximate surface area is 104 Å². The smallest absolute Gasteiger partial charge is 0.246 e. The zero-order valence-electron chi connectivity index (χ0n) is 11.0. The largest absolute Gasteiger partial charge is 0.306 e. The summed E-state index contributed by atoms with van der Waals surface area (Å²) >= 11 is 0. The number of nitrogens with one attached hydrogen (secondary N) is 1. The van der Waals surface area contributed by atoms with E-state index < -0.39 is 0 Å². The van der Waals surface area contributed by atoms with Crippen LogP contribution in [0.4, 0.5) is 0 Å². The fraction of sp³-hybridized carbons (Fsp3) is 0.846. The van der Waals surface area contributed by atoms with Crippen LogP contribution in [-0.2, 0) is 9.59 Å². The van der Waals surface area contributed by atoms with Crippen LogP contribution in [0, 0.1) is 0 Å². The monoisotopic (exact) mass is 240 g/mol. The molecule has 1 N–H and O–H groups in total. The normalized spacial score (nSPS) is 21.1. The van der Waals surface area contributed by atoms with Gasteiger partial charge in [-0.1, -0.05) is 32.6 Å². The molecule has 0 spiro atoms. The van der Waals surface area contributed by atoms with Gasteiger partial charge in [0.2, 0.25) is 11.8 Å². The van der Waals surface area contributed by atoms with E-state index in [-0.39, 0.29) is 17.9 Å². The van der Waals surface area contributed by atoms with Crippen molar-refractivity contribution < 1.29 is 9.59 Å². The van der Waals surface area contributed by atoms with Crippen molar-refractivity contribution in [3.63, 3.8) is 0 Å². The number of likely N-dealkylation sites (tertiary alicyclic amines) is 1. The van der Waals surface area contributed by atoms with Crippen molar-refractivity contribution in [3.8, 4) is 0 Å². The van der Waals surface area contributed by atoms with Crippen LogP contribution < -0.4 is 5.32 Å². The maximum Gasteiger partial charge on any atom is 0.246 e. The molecule has 1 saturated heterocycles. The van der Waals surface area contributed by atoms with E-state index in [0.29, 0.717) is 12.8 Å². The Hall–Kier alpha value is -0.900. The number of rotatable bonds is 7. The van der Waals surface area contributed by atoms with Crippen molar-refractivity contribution >= 4 is 11.8 Å². The van der Waals surface area contributed by atoms with Gasteiger partial charge in [0.15, 0.2) is 0 Å². The van der Waals surface area contributed by atoms with Gasteiger partial charge in [0.1, 0.15) is 0 Å². The van der Waals surface area contributed by atoms with Crippen molar-refractivity contribution in [3.05, 3.63) is 0 Å². The summed E-state index contributed by atoms with van der Waals surface area (Å²) in [7, 11) is 1.57. The number of imide groups is 1. The molecule has 0 radical (unpaired) electrons. The van der Waals surface area contributed by atoms with Gasteiger partial charge in [0, 0.05) is 13.5 Å². The zero-order chi connectivity index (χ0) is 12.7. The average molecular weight is 240 g/mol. The highest BCUT2D eigenvalue weighted by Crippen LogP contribution is 2.11. The molecule has 17 heavy (non-hydrogen) atoms. The van der Waals surface area contributed by atoms with Crippen molar-refractivity contribution in [2.24, 2.45) is 0 Å². The molecular formula is C13H24N2O2. The van der Waals surface area contributed by atoms with E-state index in [2.05, 4.69) is 12.2 Å². The summed E-state index contributed by atoms with van der Waals surface area (Å²) in [5, 5.41) is 3.26. The molecule has 0 bridgehead atoms. The lowest BCUT2D eigenvalue weighted by molar-refractivity contribution is -0.148. The molecule has 4 heteroatoms. The molecular weight excluding hydrogens is 216 g/mol. The molecule has 0 aromatic carbocycles. The van der Waals surface area contributed by atoms with Crippen molar-refractivity contribution in [1.29, 1.82) is 0 Å². The van der Waals surface area contributed by atoms with Crippen LogP contribution >= 0.6 is 0 Å². The van der Waals surface area contributed by atoms with E-state index in [0.717, 1.165) is 13.0 Å². The van der Waals surface area contributed by atoms with Crippen molar-refractivity contribution in [1.82, 2.24) is 10.2 Å². The van der Waals surface area contributed by atoms with E-state index in [1.165, 1.54) is 30.6 Å². The number of likely N-dealkylation sites (N-methyl/N-ethyl adjacent to an activating group) is 1. The summed E-state index contributed by atoms with van der Waals surface area (Å²) in [6.45, 7) is 3.08. The fourth-order valence-electron chi connectivity index (χ4n) is 2.11. The first kappa shape index (κ1) is 14.2. The van der Waals surface area contributed by atoms with E-state index in [1.54, 1.807) is 7.05 Å². The summed E-state index contributed by atoms with van der Waals surface area (Å²) in [4.78, 5) is 24.3. The molecule has 0 saturated carbocycles. The minimum Gasteiger partial charge on any atom is -0.306 e. The number of carbonyl (C=O) groups is 2. The van der Waals surface area contributed by atoms with Crippen LogP contribution in [0.5, 0.6) is 0 Å². The predicted octanol–water partition coefficient (Wildman–Crippen LogP) is 1.69. The second-order valence-corrected chi connectivity index (χ2v) is 4.75. The Bertz CT molecular complexity index is 266. The van der Waals surface area contributed by atoms with Crippen molar-refractivity contribution in [2.75, 3.05) is 13.6 Å². The molecule has 0 aromatic rings. The van der Waals surface area contributed by atoms with Gasteiger partial charge in [-0.15, -0.1) is 0 Å². The molecule has 4 nitrogen and oxygen atoms in total. The number of piperidine rings is 1. The first-order valence-electron chi connectivity index (χ1n) is 6.70. The maximum absolute atomic E-state index is 11.7. The zero-order valence-corrected chi connectivity index (χ0v) is 11.0. The molecule has 1 atom stereocenters. The minimum atomic E-state index is -0.149. The lowest BCUT2D eigenvalue weighted by Crippen LogP contribution is -2.51. The van der Waals surface area contributed by atoms with E-state index in [4.69, 9.17) is 0 Å². The minimum absolute atomic E-state index is 0.0593. The summed E-state index contributed by atoms with van der Waals surface area (Å²) in [5.41, 5.74) is 0. The molecule has 1 aliphatic heterocycles. The molecule has 98 valence electrons. The fourth-order valence-corrected chi connectivity index (χ4v) is 2.11. The second kappa shape index (κ2) is 7.43. The van der Waals surface area contributed by atoms with Gasteiger partial charge in [0.05, 0.1) is 6.04 Å². The SMILES string of the molecule is CCCCCCCNC1CCC(=O)N(C)C1=O. The summed E-state index contributed by atoms with van der Waals surface area (Å²) in [6.07, 6.45) is 7.28. The number of carbonyl (C=O) groups excluding carboxylic acids is 2. The Morgan fingerprint density at radius 1 is 1.24 bits per heavy atom. The lowest BCUT2D eigenvalue weighted by Gasteiger charge is -2.28. The lowest BCUT2D eigenvalue weighted by atomic mass is 10.0. The number of hydrogen-bond acceptors (Lipinski definition) is 3. The highest BCUT2D eigenvalue weighted by Gasteiger charge is 2.30. The standard InChI is InChI=1S/C13H24N2O2/c1-3-4-5-6-7-10-14-11-8-9-12(16)15(2)13(11)17/h11,14H,3-10H2,1-2H3. The van der Waals surface area contributed by atoms with Crippen LogP contribution in [-0.4, -0.2) is 36.3 Å². The quantitative estimate of drug-likeness (QED) is 0.544. The molecule has 1 unspecified atom stereocenters. The van der Waals surface area contributed by atoms with Crippen molar-refractivity contribution in [2.45, 2.75) is 57.9 Å². The van der Waals surface area contributed by atoms with Gasteiger partial charge < -0.3 is 5.32 Å². The van der Waals surface area contributed by atoms with Crippen LogP contribution in [0.1, 0.15) is 51.9 Å². The average Bonchev–Trinajstić information content (AvgIpc) is 2.33. The third-order valence-electron chi connectivity index (χ3n) is 3.32. The maximum atomic E-state index is 11.7. The van der Waals surface area contributed by atoms with Crippen LogP contribution in [0.25, 0.3) is 0 Å². The van der Waals surface area contributed by atoms with Crippen LogP contribution in [0.2, 0.25) is 0 Å². The number of unbranched alkanes of at least 4 members (excludes halogenated alkanes) is 4. The Morgan fingerprint density at radius 3 is 2.65 bits per heavy atom. The predicted molar refractivity (Wildman–Crippen MR) is 67.6 cm³/mol.